The van der Waals surface area contributed by atoms with Crippen molar-refractivity contribution in [2.45, 2.75) is 0 Å². The van der Waals surface area contributed by atoms with Gasteiger partial charge < -0.3 is 0 Å². The summed E-state index contributed by atoms with van der Waals surface area (Å²) in [6.07, 6.45) is 0. The Balaban J connectivity index is 1.94. The summed E-state index contributed by atoms with van der Waals surface area (Å²) in [5, 5.41) is 1.43. The van der Waals surface area contributed by atoms with E-state index in [0.29, 0.717) is 20.7 Å². The molecule has 106 valence electrons. The summed E-state index contributed by atoms with van der Waals surface area (Å²) in [6.45, 7) is 0. The zero-order valence-electron chi connectivity index (χ0n) is 11.0. The number of carbonyl (C=O) groups excluding carboxylic acids is 1. The Hall–Kier alpha value is -1.62. The minimum atomic E-state index is -0.173. The fourth-order valence-corrected chi connectivity index (χ4v) is 3.14. The van der Waals surface area contributed by atoms with Crippen LogP contribution in [-0.2, 0) is 0 Å². The highest BCUT2D eigenvalue weighted by atomic mass is 35.5. The molecule has 0 aliphatic carbocycles. The number of benzene rings is 2. The lowest BCUT2D eigenvalue weighted by Gasteiger charge is -2.13. The molecule has 3 aromatic rings. The van der Waals surface area contributed by atoms with Crippen LogP contribution in [0.25, 0.3) is 10.2 Å². The van der Waals surface area contributed by atoms with Gasteiger partial charge in [0.2, 0.25) is 0 Å². The van der Waals surface area contributed by atoms with Gasteiger partial charge in [0.05, 0.1) is 20.3 Å². The highest BCUT2D eigenvalue weighted by Crippen LogP contribution is 2.29. The maximum Gasteiger partial charge on any atom is 0.259 e. The van der Waals surface area contributed by atoms with Gasteiger partial charge in [0.15, 0.2) is 5.13 Å². The molecule has 0 atom stereocenters. The lowest BCUT2D eigenvalue weighted by molar-refractivity contribution is 0.0993. The average molecular weight is 337 g/mol. The van der Waals surface area contributed by atoms with Crippen LogP contribution in [0.3, 0.4) is 0 Å². The number of halogens is 2. The predicted molar refractivity (Wildman–Crippen MR) is 88.8 cm³/mol. The van der Waals surface area contributed by atoms with Crippen LogP contribution in [0.5, 0.6) is 0 Å². The molecule has 0 radical (unpaired) electrons. The molecule has 0 bridgehead atoms. The molecule has 1 aromatic heterocycles. The lowest BCUT2D eigenvalue weighted by atomic mass is 10.2. The number of fused-ring (bicyclic) bond motifs is 1. The number of thiazole rings is 1. The second-order valence-corrected chi connectivity index (χ2v) is 6.28. The van der Waals surface area contributed by atoms with Gasteiger partial charge >= 0.3 is 0 Å². The lowest BCUT2D eigenvalue weighted by Crippen LogP contribution is -2.26. The van der Waals surface area contributed by atoms with Crippen LogP contribution in [0.4, 0.5) is 5.13 Å². The molecule has 0 saturated carbocycles. The minimum absolute atomic E-state index is 0.173. The molecule has 21 heavy (non-hydrogen) atoms. The van der Waals surface area contributed by atoms with Gasteiger partial charge in [-0.2, -0.15) is 0 Å². The summed E-state index contributed by atoms with van der Waals surface area (Å²) in [4.78, 5) is 18.5. The zero-order valence-corrected chi connectivity index (χ0v) is 13.3. The summed E-state index contributed by atoms with van der Waals surface area (Å²) < 4.78 is 1.04. The Morgan fingerprint density at radius 2 is 1.90 bits per heavy atom. The van der Waals surface area contributed by atoms with Crippen molar-refractivity contribution in [3.63, 3.8) is 0 Å². The zero-order chi connectivity index (χ0) is 15.0. The normalized spacial score (nSPS) is 10.8. The number of rotatable bonds is 2. The Bertz CT molecular complexity index is 798. The number of anilines is 1. The van der Waals surface area contributed by atoms with E-state index in [1.807, 2.05) is 24.3 Å². The molecule has 0 saturated heterocycles. The second kappa shape index (κ2) is 5.64. The molecule has 0 fully saturated rings. The Morgan fingerprint density at radius 3 is 2.62 bits per heavy atom. The molecule has 0 N–H and O–H groups in total. The fourth-order valence-electron chi connectivity index (χ4n) is 1.91. The number of carbonyl (C=O) groups is 1. The first-order valence-electron chi connectivity index (χ1n) is 6.15. The smallest absolute Gasteiger partial charge is 0.259 e. The van der Waals surface area contributed by atoms with Crippen LogP contribution in [0.1, 0.15) is 10.4 Å². The first-order chi connectivity index (χ1) is 10.1. The maximum absolute atomic E-state index is 12.5. The van der Waals surface area contributed by atoms with Gasteiger partial charge in [0.1, 0.15) is 0 Å². The quantitative estimate of drug-likeness (QED) is 0.668. The first-order valence-corrected chi connectivity index (χ1v) is 7.72. The molecule has 3 nitrogen and oxygen atoms in total. The second-order valence-electron chi connectivity index (χ2n) is 4.46. The van der Waals surface area contributed by atoms with E-state index in [9.17, 15) is 4.79 Å². The molecule has 2 aromatic carbocycles. The first kappa shape index (κ1) is 14.3. The highest BCUT2D eigenvalue weighted by Gasteiger charge is 2.17. The van der Waals surface area contributed by atoms with Gasteiger partial charge in [-0.25, -0.2) is 4.98 Å². The van der Waals surface area contributed by atoms with E-state index in [0.717, 1.165) is 10.2 Å². The third kappa shape index (κ3) is 2.75. The van der Waals surface area contributed by atoms with Crippen molar-refractivity contribution in [3.05, 3.63) is 58.1 Å². The summed E-state index contributed by atoms with van der Waals surface area (Å²) in [6, 6.07) is 12.6. The number of nitrogens with zero attached hydrogens (tertiary/aromatic N) is 2. The van der Waals surface area contributed by atoms with Crippen LogP contribution >= 0.6 is 34.5 Å². The Labute approximate surface area is 135 Å². The van der Waals surface area contributed by atoms with Gasteiger partial charge in [0, 0.05) is 12.6 Å². The third-order valence-corrected chi connectivity index (χ3v) is 4.89. The van der Waals surface area contributed by atoms with E-state index in [-0.39, 0.29) is 5.91 Å². The van der Waals surface area contributed by atoms with Crippen molar-refractivity contribution in [2.24, 2.45) is 0 Å². The van der Waals surface area contributed by atoms with Crippen molar-refractivity contribution in [1.82, 2.24) is 4.98 Å². The molecule has 1 amide bonds. The number of hydrogen-bond acceptors (Lipinski definition) is 3. The molecule has 0 aliphatic rings. The van der Waals surface area contributed by atoms with Crippen molar-refractivity contribution >= 4 is 55.8 Å². The van der Waals surface area contributed by atoms with E-state index in [4.69, 9.17) is 23.2 Å². The monoisotopic (exact) mass is 336 g/mol. The Kier molecular flexibility index (Phi) is 3.85. The van der Waals surface area contributed by atoms with Crippen LogP contribution in [0, 0.1) is 0 Å². The third-order valence-electron chi connectivity index (χ3n) is 3.04. The number of aromatic nitrogens is 1. The van der Waals surface area contributed by atoms with Gasteiger partial charge in [-0.3, -0.25) is 9.69 Å². The van der Waals surface area contributed by atoms with E-state index < -0.39 is 0 Å². The van der Waals surface area contributed by atoms with Crippen molar-refractivity contribution in [2.75, 3.05) is 11.9 Å². The summed E-state index contributed by atoms with van der Waals surface area (Å²) in [5.74, 6) is -0.173. The number of hydrogen-bond donors (Lipinski definition) is 0. The number of para-hydroxylation sites is 1. The van der Waals surface area contributed by atoms with Gasteiger partial charge in [-0.15, -0.1) is 0 Å². The molecule has 6 heteroatoms. The standard InChI is InChI=1S/C15H10Cl2N2OS/c1-19(14(20)9-6-7-10(16)11(17)8-9)15-18-12-4-2-3-5-13(12)21-15/h2-8H,1H3. The summed E-state index contributed by atoms with van der Waals surface area (Å²) >= 11 is 13.3. The molecular formula is C15H10Cl2N2OS. The van der Waals surface area contributed by atoms with E-state index in [2.05, 4.69) is 4.98 Å². The molecular weight excluding hydrogens is 327 g/mol. The SMILES string of the molecule is CN(C(=O)c1ccc(Cl)c(Cl)c1)c1nc2ccccc2s1. The largest absolute Gasteiger partial charge is 0.287 e. The predicted octanol–water partition coefficient (Wildman–Crippen LogP) is 4.88. The number of amides is 1. The van der Waals surface area contributed by atoms with Gasteiger partial charge in [-0.05, 0) is 30.3 Å². The molecule has 3 rings (SSSR count). The topological polar surface area (TPSA) is 33.2 Å². The minimum Gasteiger partial charge on any atom is -0.287 e. The molecule has 0 spiro atoms. The van der Waals surface area contributed by atoms with Crippen molar-refractivity contribution in [1.29, 1.82) is 0 Å². The van der Waals surface area contributed by atoms with Crippen LogP contribution in [-0.4, -0.2) is 17.9 Å². The fraction of sp³-hybridized carbons (Fsp3) is 0.0667. The van der Waals surface area contributed by atoms with Crippen LogP contribution in [0.2, 0.25) is 10.0 Å². The van der Waals surface area contributed by atoms with E-state index in [1.165, 1.54) is 16.2 Å². The Morgan fingerprint density at radius 1 is 1.14 bits per heavy atom. The van der Waals surface area contributed by atoms with Crippen molar-refractivity contribution in [3.8, 4) is 0 Å². The maximum atomic E-state index is 12.5. The molecule has 0 unspecified atom stereocenters. The van der Waals surface area contributed by atoms with E-state index in [1.54, 1.807) is 25.2 Å². The van der Waals surface area contributed by atoms with Crippen LogP contribution < -0.4 is 4.90 Å². The summed E-state index contributed by atoms with van der Waals surface area (Å²) in [5.41, 5.74) is 1.36. The summed E-state index contributed by atoms with van der Waals surface area (Å²) in [7, 11) is 1.70. The molecule has 0 aliphatic heterocycles. The van der Waals surface area contributed by atoms with E-state index >= 15 is 0 Å². The molecule has 1 heterocycles. The van der Waals surface area contributed by atoms with Gasteiger partial charge in [-0.1, -0.05) is 46.7 Å². The average Bonchev–Trinajstić information content (AvgIpc) is 2.92. The van der Waals surface area contributed by atoms with Gasteiger partial charge in [0.25, 0.3) is 5.91 Å². The van der Waals surface area contributed by atoms with Crippen molar-refractivity contribution < 1.29 is 4.79 Å². The van der Waals surface area contributed by atoms with Crippen LogP contribution in [0.15, 0.2) is 42.5 Å². The highest BCUT2D eigenvalue weighted by molar-refractivity contribution is 7.22.